The zero-order valence-electron chi connectivity index (χ0n) is 25.3. The highest BCUT2D eigenvalue weighted by Crippen LogP contribution is 2.25. The first-order chi connectivity index (χ1) is 21.0. The van der Waals surface area contributed by atoms with E-state index in [4.69, 9.17) is 18.9 Å². The van der Waals surface area contributed by atoms with Crippen LogP contribution in [0.5, 0.6) is 11.5 Å². The monoisotopic (exact) mass is 652 g/mol. The summed E-state index contributed by atoms with van der Waals surface area (Å²) in [6.45, 7) is -0.310. The summed E-state index contributed by atoms with van der Waals surface area (Å²) in [4.78, 5) is 52.7. The van der Waals surface area contributed by atoms with Gasteiger partial charge in [-0.25, -0.2) is 0 Å². The number of nitrogens with zero attached hydrogens (tertiary/aromatic N) is 2. The van der Waals surface area contributed by atoms with Crippen LogP contribution < -0.4 is 0 Å². The van der Waals surface area contributed by atoms with Crippen LogP contribution in [-0.4, -0.2) is 122 Å². The molecule has 0 bridgehead atoms. The number of phenolic OH excluding ortho intramolecular Hbond substituents is 2. The molecule has 2 aromatic rings. The lowest BCUT2D eigenvalue weighted by molar-refractivity contribution is -0.154. The van der Waals surface area contributed by atoms with Gasteiger partial charge >= 0.3 is 23.9 Å². The van der Waals surface area contributed by atoms with Crippen molar-refractivity contribution in [1.29, 1.82) is 0 Å². The normalized spacial score (nSPS) is 12.4. The summed E-state index contributed by atoms with van der Waals surface area (Å²) in [5.74, 6) is -0.851. The summed E-state index contributed by atoms with van der Waals surface area (Å²) in [6, 6.07) is 11.3. The van der Waals surface area contributed by atoms with E-state index in [2.05, 4.69) is 0 Å². The average molecular weight is 653 g/mol. The molecule has 242 valence electrons. The quantitative estimate of drug-likeness (QED) is 0.0988. The number of esters is 4. The molecule has 14 heteroatoms. The third-order valence-corrected chi connectivity index (χ3v) is 8.46. The van der Waals surface area contributed by atoms with Crippen molar-refractivity contribution in [3.05, 3.63) is 59.7 Å². The number of phenols is 2. The van der Waals surface area contributed by atoms with Gasteiger partial charge in [-0.15, -0.1) is 0 Å². The van der Waals surface area contributed by atoms with E-state index >= 15 is 0 Å². The second kappa shape index (κ2) is 19.7. The van der Waals surface area contributed by atoms with E-state index in [0.717, 1.165) is 0 Å². The number of aromatic hydroxyl groups is 2. The predicted molar refractivity (Wildman–Crippen MR) is 167 cm³/mol. The summed E-state index contributed by atoms with van der Waals surface area (Å²) >= 11 is 0. The van der Waals surface area contributed by atoms with E-state index in [0.29, 0.717) is 22.6 Å². The van der Waals surface area contributed by atoms with Crippen molar-refractivity contribution in [3.63, 3.8) is 0 Å². The number of carbonyl (C=O) groups excluding carboxylic acids is 4. The van der Waals surface area contributed by atoms with Gasteiger partial charge in [0.15, 0.2) is 0 Å². The number of likely N-dealkylation sites (N-methyl/N-ethyl adjacent to an activating group) is 2. The fourth-order valence-electron chi connectivity index (χ4n) is 3.53. The van der Waals surface area contributed by atoms with E-state index in [9.17, 15) is 29.4 Å². The summed E-state index contributed by atoms with van der Waals surface area (Å²) < 4.78 is 20.9. The first-order valence-corrected chi connectivity index (χ1v) is 16.2. The number of hydrogen-bond donors (Lipinski definition) is 2. The van der Waals surface area contributed by atoms with Crippen LogP contribution >= 0.6 is 21.6 Å². The molecule has 0 aliphatic rings. The molecule has 0 fully saturated rings. The van der Waals surface area contributed by atoms with Gasteiger partial charge in [-0.1, -0.05) is 45.9 Å². The van der Waals surface area contributed by atoms with E-state index in [1.165, 1.54) is 45.9 Å². The smallest absolute Gasteiger partial charge is 0.324 e. The number of ether oxygens (including phenoxy) is 4. The standard InChI is InChI=1S/C30H40N2O10S2/c1-31(2)25(29(37)41-15-13-39-27(35)17-21-5-9-23(33)10-6-21)19-43-44-20-26(32(3)4)30(38)42-16-14-40-28(36)18-22-7-11-24(34)12-8-22/h5-12,25-26,33-34H,13-20H2,1-4H3. The van der Waals surface area contributed by atoms with Gasteiger partial charge in [-0.05, 0) is 63.6 Å². The average Bonchev–Trinajstić information content (AvgIpc) is 2.97. The van der Waals surface area contributed by atoms with Crippen molar-refractivity contribution in [3.8, 4) is 11.5 Å². The minimum Gasteiger partial charge on any atom is -0.508 e. The molecule has 0 aliphatic carbocycles. The van der Waals surface area contributed by atoms with Crippen molar-refractivity contribution in [1.82, 2.24) is 9.80 Å². The Balaban J connectivity index is 1.65. The van der Waals surface area contributed by atoms with Gasteiger partial charge in [0, 0.05) is 11.5 Å². The second-order valence-corrected chi connectivity index (χ2v) is 12.5. The molecule has 0 saturated heterocycles. The van der Waals surface area contributed by atoms with E-state index in [-0.39, 0.29) is 50.8 Å². The lowest BCUT2D eigenvalue weighted by Gasteiger charge is -2.24. The van der Waals surface area contributed by atoms with Crippen LogP contribution in [0, 0.1) is 0 Å². The molecule has 2 atom stereocenters. The SMILES string of the molecule is CN(C)C(CSSCC(C(=O)OCCOC(=O)Cc1ccc(O)cc1)N(C)C)C(=O)OCCOC(=O)Cc1ccc(O)cc1. The van der Waals surface area contributed by atoms with Crippen LogP contribution in [0.2, 0.25) is 0 Å². The largest absolute Gasteiger partial charge is 0.508 e. The zero-order chi connectivity index (χ0) is 32.5. The molecule has 44 heavy (non-hydrogen) atoms. The van der Waals surface area contributed by atoms with Crippen molar-refractivity contribution >= 4 is 45.5 Å². The Labute approximate surface area is 265 Å². The maximum atomic E-state index is 12.6. The summed E-state index contributed by atoms with van der Waals surface area (Å²) in [5, 5.41) is 18.6. The molecule has 2 N–H and O–H groups in total. The first-order valence-electron chi connectivity index (χ1n) is 13.7. The van der Waals surface area contributed by atoms with Gasteiger partial charge in [-0.2, -0.15) is 0 Å². The number of hydrogen-bond acceptors (Lipinski definition) is 14. The molecular weight excluding hydrogens is 612 g/mol. The highest BCUT2D eigenvalue weighted by molar-refractivity contribution is 8.76. The van der Waals surface area contributed by atoms with Gasteiger partial charge in [0.25, 0.3) is 0 Å². The molecule has 12 nitrogen and oxygen atoms in total. The van der Waals surface area contributed by atoms with Gasteiger partial charge in [-0.3, -0.25) is 29.0 Å². The third-order valence-electron chi connectivity index (χ3n) is 6.08. The van der Waals surface area contributed by atoms with Crippen LogP contribution in [0.3, 0.4) is 0 Å². The summed E-state index contributed by atoms with van der Waals surface area (Å²) in [6.07, 6.45) is 0.0822. The first kappa shape index (κ1) is 36.7. The molecule has 0 spiro atoms. The number of carbonyl (C=O) groups is 4. The molecule has 0 aliphatic heterocycles. The molecule has 0 aromatic heterocycles. The molecule has 0 saturated carbocycles. The Morgan fingerprint density at radius 1 is 0.591 bits per heavy atom. The molecule has 0 radical (unpaired) electrons. The topological polar surface area (TPSA) is 152 Å². The predicted octanol–water partition coefficient (Wildman–Crippen LogP) is 2.30. The molecule has 2 aromatic carbocycles. The fraction of sp³-hybridized carbons (Fsp3) is 0.467. The summed E-state index contributed by atoms with van der Waals surface area (Å²) in [5.41, 5.74) is 1.39. The Hall–Kier alpha value is -3.46. The molecule has 2 unspecified atom stereocenters. The van der Waals surface area contributed by atoms with Crippen molar-refractivity contribution in [2.45, 2.75) is 24.9 Å². The van der Waals surface area contributed by atoms with Crippen LogP contribution in [-0.2, 0) is 51.0 Å². The lowest BCUT2D eigenvalue weighted by Crippen LogP contribution is -2.40. The van der Waals surface area contributed by atoms with Gasteiger partial charge in [0.05, 0.1) is 12.8 Å². The van der Waals surface area contributed by atoms with Crippen LogP contribution in [0.4, 0.5) is 0 Å². The fourth-order valence-corrected chi connectivity index (χ4v) is 6.20. The minimum absolute atomic E-state index is 0.0411. The molecule has 2 rings (SSSR count). The molecular formula is C30H40N2O10S2. The second-order valence-electron chi connectivity index (χ2n) is 9.99. The lowest BCUT2D eigenvalue weighted by atomic mass is 10.1. The molecule has 0 amide bonds. The Morgan fingerprint density at radius 3 is 1.23 bits per heavy atom. The van der Waals surface area contributed by atoms with E-state index in [1.54, 1.807) is 62.3 Å². The van der Waals surface area contributed by atoms with Gasteiger partial charge < -0.3 is 29.2 Å². The van der Waals surface area contributed by atoms with Gasteiger partial charge in [0.1, 0.15) is 50.0 Å². The van der Waals surface area contributed by atoms with Crippen molar-refractivity contribution < 1.29 is 48.3 Å². The molecule has 0 heterocycles. The minimum atomic E-state index is -0.554. The maximum Gasteiger partial charge on any atom is 0.324 e. The van der Waals surface area contributed by atoms with E-state index in [1.807, 2.05) is 0 Å². The number of rotatable bonds is 19. The summed E-state index contributed by atoms with van der Waals surface area (Å²) in [7, 11) is 9.85. The van der Waals surface area contributed by atoms with Crippen LogP contribution in [0.15, 0.2) is 48.5 Å². The van der Waals surface area contributed by atoms with E-state index < -0.39 is 36.0 Å². The third kappa shape index (κ3) is 14.3. The zero-order valence-corrected chi connectivity index (χ0v) is 26.9. The Kier molecular flexibility index (Phi) is 16.5. The van der Waals surface area contributed by atoms with Crippen molar-refractivity contribution in [2.75, 3.05) is 66.1 Å². The number of benzene rings is 2. The van der Waals surface area contributed by atoms with Crippen LogP contribution in [0.25, 0.3) is 0 Å². The highest BCUT2D eigenvalue weighted by atomic mass is 33.1. The van der Waals surface area contributed by atoms with Crippen molar-refractivity contribution in [2.24, 2.45) is 0 Å². The Morgan fingerprint density at radius 2 is 0.909 bits per heavy atom. The maximum absolute atomic E-state index is 12.6. The highest BCUT2D eigenvalue weighted by Gasteiger charge is 2.25. The van der Waals surface area contributed by atoms with Crippen LogP contribution in [0.1, 0.15) is 11.1 Å². The Bertz CT molecular complexity index is 1100. The van der Waals surface area contributed by atoms with Gasteiger partial charge in [0.2, 0.25) is 0 Å².